The second-order valence-electron chi connectivity index (χ2n) is 10.0. The molecule has 1 aliphatic carbocycles. The molecule has 1 saturated carbocycles. The van der Waals surface area contributed by atoms with Crippen LogP contribution in [0.2, 0.25) is 0 Å². The van der Waals surface area contributed by atoms with Crippen molar-refractivity contribution in [1.29, 1.82) is 0 Å². The molecule has 0 bridgehead atoms. The number of nitrogens with one attached hydrogen (secondary N) is 3. The van der Waals surface area contributed by atoms with Crippen molar-refractivity contribution in [3.63, 3.8) is 0 Å². The van der Waals surface area contributed by atoms with Gasteiger partial charge in [0.15, 0.2) is 0 Å². The topological polar surface area (TPSA) is 90.5 Å². The van der Waals surface area contributed by atoms with Crippen LogP contribution >= 0.6 is 11.8 Å². The molecule has 0 spiro atoms. The summed E-state index contributed by atoms with van der Waals surface area (Å²) in [6.45, 7) is 7.18. The van der Waals surface area contributed by atoms with Crippen LogP contribution in [0.3, 0.4) is 0 Å². The van der Waals surface area contributed by atoms with Crippen molar-refractivity contribution >= 4 is 23.7 Å². The highest BCUT2D eigenvalue weighted by Gasteiger charge is 2.42. The standard InChI is InChI=1S/C21H37N3O3S/c1-20(2,3)14-8-10-21(27,11-9-14)13-22-17(25)7-5-4-6-16-18-15(12-28-16)23-19(26)24-18/h14-16,18,27H,4-13H2,1-3H3,(H,22,25)(H2,23,24,26)/t14?,15-,16-,18-,21?/m0/s1. The number of carbonyl (C=O) groups is 2. The van der Waals surface area contributed by atoms with E-state index < -0.39 is 5.60 Å². The lowest BCUT2D eigenvalue weighted by molar-refractivity contribution is -0.123. The van der Waals surface area contributed by atoms with Crippen molar-refractivity contribution in [1.82, 2.24) is 16.0 Å². The second-order valence-corrected chi connectivity index (χ2v) is 11.3. The van der Waals surface area contributed by atoms with Crippen LogP contribution in [-0.2, 0) is 4.79 Å². The van der Waals surface area contributed by atoms with Gasteiger partial charge in [-0.15, -0.1) is 0 Å². The van der Waals surface area contributed by atoms with Crippen molar-refractivity contribution in [2.75, 3.05) is 12.3 Å². The third-order valence-electron chi connectivity index (χ3n) is 6.84. The van der Waals surface area contributed by atoms with Gasteiger partial charge in [-0.25, -0.2) is 4.79 Å². The van der Waals surface area contributed by atoms with Gasteiger partial charge in [0.25, 0.3) is 0 Å². The van der Waals surface area contributed by atoms with E-state index in [0.29, 0.717) is 29.5 Å². The molecule has 28 heavy (non-hydrogen) atoms. The fourth-order valence-corrected chi connectivity index (χ4v) is 6.37. The molecule has 3 fully saturated rings. The number of hydrogen-bond donors (Lipinski definition) is 4. The Morgan fingerprint density at radius 1 is 1.25 bits per heavy atom. The molecule has 2 saturated heterocycles. The van der Waals surface area contributed by atoms with Crippen molar-refractivity contribution in [2.45, 2.75) is 95.1 Å². The lowest BCUT2D eigenvalue weighted by Gasteiger charge is -2.41. The highest BCUT2D eigenvalue weighted by molar-refractivity contribution is 8.00. The van der Waals surface area contributed by atoms with E-state index in [4.69, 9.17) is 0 Å². The molecule has 160 valence electrons. The van der Waals surface area contributed by atoms with Crippen molar-refractivity contribution < 1.29 is 14.7 Å². The minimum Gasteiger partial charge on any atom is -0.388 e. The normalized spacial score (nSPS) is 35.2. The van der Waals surface area contributed by atoms with E-state index in [2.05, 4.69) is 36.7 Å². The van der Waals surface area contributed by atoms with E-state index in [1.54, 1.807) is 0 Å². The zero-order valence-electron chi connectivity index (χ0n) is 17.6. The van der Waals surface area contributed by atoms with Crippen LogP contribution in [0.5, 0.6) is 0 Å². The summed E-state index contributed by atoms with van der Waals surface area (Å²) in [4.78, 5) is 23.6. The van der Waals surface area contributed by atoms with Gasteiger partial charge < -0.3 is 21.1 Å². The van der Waals surface area contributed by atoms with E-state index in [1.165, 1.54) is 0 Å². The van der Waals surface area contributed by atoms with Crippen molar-refractivity contribution in [2.24, 2.45) is 11.3 Å². The quantitative estimate of drug-likeness (QED) is 0.383. The monoisotopic (exact) mass is 411 g/mol. The molecular formula is C21H37N3O3S. The van der Waals surface area contributed by atoms with Gasteiger partial charge in [0.05, 0.1) is 17.7 Å². The molecule has 0 aromatic rings. The van der Waals surface area contributed by atoms with Gasteiger partial charge in [0, 0.05) is 24.0 Å². The number of fused-ring (bicyclic) bond motifs is 1. The van der Waals surface area contributed by atoms with Crippen LogP contribution < -0.4 is 16.0 Å². The number of amides is 3. The van der Waals surface area contributed by atoms with Gasteiger partial charge in [0.1, 0.15) is 0 Å². The number of carbonyl (C=O) groups excluding carboxylic acids is 2. The number of unbranched alkanes of at least 4 members (excludes halogenated alkanes) is 1. The Labute approximate surface area is 173 Å². The maximum absolute atomic E-state index is 12.2. The minimum atomic E-state index is -0.736. The number of hydrogen-bond acceptors (Lipinski definition) is 4. The van der Waals surface area contributed by atoms with Crippen LogP contribution in [-0.4, -0.2) is 52.3 Å². The average Bonchev–Trinajstić information content (AvgIpc) is 3.16. The predicted molar refractivity (Wildman–Crippen MR) is 113 cm³/mol. The van der Waals surface area contributed by atoms with Crippen molar-refractivity contribution in [3.05, 3.63) is 0 Å². The molecule has 3 rings (SSSR count). The third kappa shape index (κ3) is 5.56. The molecule has 7 heteroatoms. The predicted octanol–water partition coefficient (Wildman–Crippen LogP) is 2.80. The number of aliphatic hydroxyl groups is 1. The molecule has 6 nitrogen and oxygen atoms in total. The number of rotatable bonds is 7. The van der Waals surface area contributed by atoms with E-state index >= 15 is 0 Å². The van der Waals surface area contributed by atoms with Crippen LogP contribution in [0.25, 0.3) is 0 Å². The van der Waals surface area contributed by atoms with Crippen molar-refractivity contribution in [3.8, 4) is 0 Å². The molecule has 3 aliphatic rings. The third-order valence-corrected chi connectivity index (χ3v) is 8.34. The first-order valence-corrected chi connectivity index (χ1v) is 11.9. The number of thioether (sulfide) groups is 1. The minimum absolute atomic E-state index is 0.0409. The molecular weight excluding hydrogens is 374 g/mol. The van der Waals surface area contributed by atoms with E-state index in [1.807, 2.05) is 11.8 Å². The fourth-order valence-electron chi connectivity index (χ4n) is 4.82. The van der Waals surface area contributed by atoms with Crippen LogP contribution in [0, 0.1) is 11.3 Å². The maximum atomic E-state index is 12.2. The largest absolute Gasteiger partial charge is 0.388 e. The molecule has 0 aromatic carbocycles. The van der Waals surface area contributed by atoms with E-state index in [-0.39, 0.29) is 24.0 Å². The maximum Gasteiger partial charge on any atom is 0.315 e. The molecule has 0 aromatic heterocycles. The molecule has 2 aliphatic heterocycles. The van der Waals surface area contributed by atoms with Gasteiger partial charge >= 0.3 is 6.03 Å². The lowest BCUT2D eigenvalue weighted by atomic mass is 9.68. The van der Waals surface area contributed by atoms with E-state index in [0.717, 1.165) is 50.7 Å². The van der Waals surface area contributed by atoms with Crippen LogP contribution in [0.4, 0.5) is 4.79 Å². The zero-order chi connectivity index (χ0) is 20.4. The van der Waals surface area contributed by atoms with Gasteiger partial charge in [-0.05, 0) is 49.9 Å². The summed E-state index contributed by atoms with van der Waals surface area (Å²) in [7, 11) is 0. The average molecular weight is 412 g/mol. The first-order valence-electron chi connectivity index (χ1n) is 10.8. The SMILES string of the molecule is CC(C)(C)C1CCC(O)(CNC(=O)CCCC[C@@H]2SC[C@@H]3NC(=O)N[C@@H]32)CC1. The van der Waals surface area contributed by atoms with Crippen LogP contribution in [0.1, 0.15) is 72.1 Å². The lowest BCUT2D eigenvalue weighted by Crippen LogP contribution is -2.46. The van der Waals surface area contributed by atoms with Crippen LogP contribution in [0.15, 0.2) is 0 Å². The second kappa shape index (κ2) is 8.82. The first-order chi connectivity index (χ1) is 13.2. The number of urea groups is 1. The summed E-state index contributed by atoms with van der Waals surface area (Å²) in [6.07, 6.45) is 6.99. The smallest absolute Gasteiger partial charge is 0.315 e. The van der Waals surface area contributed by atoms with Gasteiger partial charge in [-0.1, -0.05) is 27.2 Å². The molecule has 3 amide bonds. The summed E-state index contributed by atoms with van der Waals surface area (Å²) in [6, 6.07) is 0.456. The molecule has 0 unspecified atom stereocenters. The van der Waals surface area contributed by atoms with Gasteiger partial charge in [-0.2, -0.15) is 11.8 Å². The zero-order valence-corrected chi connectivity index (χ0v) is 18.4. The Morgan fingerprint density at radius 2 is 1.96 bits per heavy atom. The van der Waals surface area contributed by atoms with Gasteiger partial charge in [0.2, 0.25) is 5.91 Å². The Balaban J connectivity index is 1.28. The fraction of sp³-hybridized carbons (Fsp3) is 0.905. The molecule has 3 atom stereocenters. The summed E-state index contributed by atoms with van der Waals surface area (Å²) < 4.78 is 0. The van der Waals surface area contributed by atoms with E-state index in [9.17, 15) is 14.7 Å². The molecule has 4 N–H and O–H groups in total. The summed E-state index contributed by atoms with van der Waals surface area (Å²) in [5.41, 5.74) is -0.444. The highest BCUT2D eigenvalue weighted by Crippen LogP contribution is 2.41. The summed E-state index contributed by atoms with van der Waals surface area (Å²) >= 11 is 1.91. The highest BCUT2D eigenvalue weighted by atomic mass is 32.2. The molecule has 0 radical (unpaired) electrons. The Morgan fingerprint density at radius 3 is 2.64 bits per heavy atom. The first kappa shape index (κ1) is 21.8. The summed E-state index contributed by atoms with van der Waals surface area (Å²) in [5.74, 6) is 1.67. The van der Waals surface area contributed by atoms with Gasteiger partial charge in [-0.3, -0.25) is 4.79 Å². The Bertz CT molecular complexity index is 570. The summed E-state index contributed by atoms with van der Waals surface area (Å²) in [5, 5.41) is 20.1. The molecule has 2 heterocycles. The Hall–Kier alpha value is -0.950. The Kier molecular flexibility index (Phi) is 6.85.